The van der Waals surface area contributed by atoms with Crippen molar-refractivity contribution in [1.82, 2.24) is 9.80 Å². The molecule has 0 amide bonds. The number of nitrogens with zero attached hydrogens (tertiary/aromatic N) is 2. The molecule has 0 saturated carbocycles. The number of rotatable bonds is 3. The third-order valence-corrected chi connectivity index (χ3v) is 4.50. The maximum Gasteiger partial charge on any atom is 0.125 e. The van der Waals surface area contributed by atoms with Gasteiger partial charge in [0.15, 0.2) is 0 Å². The standard InChI is InChI=1S/C15H23ClFN3/c1-15(2)10-20(5-4-19(15)3)14(9-18)11-6-12(16)8-13(17)7-11/h6-8,14H,4-5,9-10,18H2,1-3H3. The summed E-state index contributed by atoms with van der Waals surface area (Å²) in [6, 6.07) is 4.69. The Hall–Kier alpha value is -0.680. The molecule has 1 heterocycles. The van der Waals surface area contributed by atoms with Crippen LogP contribution in [-0.2, 0) is 0 Å². The van der Waals surface area contributed by atoms with Crippen LogP contribution in [-0.4, -0.2) is 48.6 Å². The number of benzene rings is 1. The van der Waals surface area contributed by atoms with Crippen molar-refractivity contribution < 1.29 is 4.39 Å². The predicted molar refractivity (Wildman–Crippen MR) is 81.5 cm³/mol. The van der Waals surface area contributed by atoms with E-state index < -0.39 is 0 Å². The van der Waals surface area contributed by atoms with Gasteiger partial charge in [0.1, 0.15) is 5.82 Å². The van der Waals surface area contributed by atoms with Crippen molar-refractivity contribution in [3.63, 3.8) is 0 Å². The summed E-state index contributed by atoms with van der Waals surface area (Å²) in [5.41, 5.74) is 6.88. The van der Waals surface area contributed by atoms with Gasteiger partial charge in [-0.25, -0.2) is 4.39 Å². The Bertz CT molecular complexity index is 458. The second kappa shape index (κ2) is 5.98. The first-order valence-electron chi connectivity index (χ1n) is 6.95. The quantitative estimate of drug-likeness (QED) is 0.931. The highest BCUT2D eigenvalue weighted by Gasteiger charge is 2.34. The zero-order valence-electron chi connectivity index (χ0n) is 12.4. The van der Waals surface area contributed by atoms with E-state index in [-0.39, 0.29) is 17.4 Å². The highest BCUT2D eigenvalue weighted by atomic mass is 35.5. The number of hydrogen-bond donors (Lipinski definition) is 1. The SMILES string of the molecule is CN1CCN(C(CN)c2cc(F)cc(Cl)c2)CC1(C)C. The van der Waals surface area contributed by atoms with Crippen LogP contribution in [0.2, 0.25) is 5.02 Å². The van der Waals surface area contributed by atoms with Gasteiger partial charge in [-0.2, -0.15) is 0 Å². The molecule has 2 N–H and O–H groups in total. The molecule has 2 rings (SSSR count). The molecule has 1 saturated heterocycles. The molecule has 0 radical (unpaired) electrons. The molecule has 1 aromatic rings. The molecule has 1 aromatic carbocycles. The summed E-state index contributed by atoms with van der Waals surface area (Å²) in [6.45, 7) is 7.69. The van der Waals surface area contributed by atoms with E-state index in [0.29, 0.717) is 11.6 Å². The monoisotopic (exact) mass is 299 g/mol. The summed E-state index contributed by atoms with van der Waals surface area (Å²) in [5, 5.41) is 0.423. The first kappa shape index (κ1) is 15.7. The summed E-state index contributed by atoms with van der Waals surface area (Å²) in [7, 11) is 2.13. The molecule has 3 nitrogen and oxygen atoms in total. The lowest BCUT2D eigenvalue weighted by Crippen LogP contribution is -2.58. The Morgan fingerprint density at radius 3 is 2.60 bits per heavy atom. The maximum absolute atomic E-state index is 13.6. The molecule has 0 bridgehead atoms. The maximum atomic E-state index is 13.6. The second-order valence-electron chi connectivity index (χ2n) is 6.16. The Morgan fingerprint density at radius 2 is 2.05 bits per heavy atom. The van der Waals surface area contributed by atoms with E-state index in [1.807, 2.05) is 6.07 Å². The van der Waals surface area contributed by atoms with E-state index in [1.54, 1.807) is 0 Å². The number of halogens is 2. The van der Waals surface area contributed by atoms with E-state index >= 15 is 0 Å². The van der Waals surface area contributed by atoms with Crippen LogP contribution in [0.25, 0.3) is 0 Å². The highest BCUT2D eigenvalue weighted by Crippen LogP contribution is 2.29. The number of hydrogen-bond acceptors (Lipinski definition) is 3. The first-order valence-corrected chi connectivity index (χ1v) is 7.32. The van der Waals surface area contributed by atoms with Crippen molar-refractivity contribution in [2.75, 3.05) is 33.2 Å². The van der Waals surface area contributed by atoms with Crippen LogP contribution in [0, 0.1) is 5.82 Å². The lowest BCUT2D eigenvalue weighted by Gasteiger charge is -2.48. The van der Waals surface area contributed by atoms with Crippen LogP contribution in [0.5, 0.6) is 0 Å². The summed E-state index contributed by atoms with van der Waals surface area (Å²) in [4.78, 5) is 4.67. The number of nitrogens with two attached hydrogens (primary N) is 1. The van der Waals surface area contributed by atoms with Gasteiger partial charge >= 0.3 is 0 Å². The molecular formula is C15H23ClFN3. The molecule has 0 aliphatic carbocycles. The summed E-state index contributed by atoms with van der Waals surface area (Å²) in [5.74, 6) is -0.306. The average Bonchev–Trinajstić information content (AvgIpc) is 2.33. The van der Waals surface area contributed by atoms with Gasteiger partial charge in [-0.15, -0.1) is 0 Å². The molecule has 112 valence electrons. The highest BCUT2D eigenvalue weighted by molar-refractivity contribution is 6.30. The van der Waals surface area contributed by atoms with Crippen LogP contribution in [0.1, 0.15) is 25.5 Å². The average molecular weight is 300 g/mol. The summed E-state index contributed by atoms with van der Waals surface area (Å²) < 4.78 is 13.6. The van der Waals surface area contributed by atoms with Gasteiger partial charge < -0.3 is 5.73 Å². The fourth-order valence-electron chi connectivity index (χ4n) is 2.81. The molecular weight excluding hydrogens is 277 g/mol. The molecule has 1 aliphatic rings. The van der Waals surface area contributed by atoms with E-state index in [9.17, 15) is 4.39 Å². The molecule has 5 heteroatoms. The first-order chi connectivity index (χ1) is 9.33. The molecule has 1 aliphatic heterocycles. The van der Waals surface area contributed by atoms with Gasteiger partial charge in [0.05, 0.1) is 0 Å². The smallest absolute Gasteiger partial charge is 0.125 e. The zero-order valence-corrected chi connectivity index (χ0v) is 13.1. The van der Waals surface area contributed by atoms with Crippen molar-refractivity contribution in [2.45, 2.75) is 25.4 Å². The van der Waals surface area contributed by atoms with Gasteiger partial charge in [0.2, 0.25) is 0 Å². The Morgan fingerprint density at radius 1 is 1.35 bits per heavy atom. The van der Waals surface area contributed by atoms with Crippen molar-refractivity contribution >= 4 is 11.6 Å². The molecule has 1 unspecified atom stereocenters. The van der Waals surface area contributed by atoms with Gasteiger partial charge in [-0.1, -0.05) is 11.6 Å². The summed E-state index contributed by atoms with van der Waals surface area (Å²) >= 11 is 5.96. The minimum atomic E-state index is -0.306. The van der Waals surface area contributed by atoms with E-state index in [4.69, 9.17) is 17.3 Å². The van der Waals surface area contributed by atoms with Crippen molar-refractivity contribution in [3.8, 4) is 0 Å². The fourth-order valence-corrected chi connectivity index (χ4v) is 3.04. The fraction of sp³-hybridized carbons (Fsp3) is 0.600. The Labute approximate surface area is 125 Å². The minimum Gasteiger partial charge on any atom is -0.329 e. The second-order valence-corrected chi connectivity index (χ2v) is 6.60. The van der Waals surface area contributed by atoms with Crippen LogP contribution in [0.3, 0.4) is 0 Å². The Balaban J connectivity index is 2.24. The molecule has 1 atom stereocenters. The van der Waals surface area contributed by atoms with Crippen LogP contribution in [0.4, 0.5) is 4.39 Å². The summed E-state index contributed by atoms with van der Waals surface area (Å²) in [6.07, 6.45) is 0. The van der Waals surface area contributed by atoms with Gasteiger partial charge in [-0.05, 0) is 44.7 Å². The van der Waals surface area contributed by atoms with Gasteiger partial charge in [-0.3, -0.25) is 9.80 Å². The van der Waals surface area contributed by atoms with Crippen molar-refractivity contribution in [1.29, 1.82) is 0 Å². The third-order valence-electron chi connectivity index (χ3n) is 4.28. The lowest BCUT2D eigenvalue weighted by atomic mass is 9.96. The van der Waals surface area contributed by atoms with E-state index in [2.05, 4.69) is 30.7 Å². The minimum absolute atomic E-state index is 0.0103. The molecule has 0 aromatic heterocycles. The van der Waals surface area contributed by atoms with Crippen molar-refractivity contribution in [2.24, 2.45) is 5.73 Å². The molecule has 0 spiro atoms. The van der Waals surface area contributed by atoms with Gasteiger partial charge in [0, 0.05) is 42.8 Å². The van der Waals surface area contributed by atoms with Gasteiger partial charge in [0.25, 0.3) is 0 Å². The normalized spacial score (nSPS) is 21.9. The predicted octanol–water partition coefficient (Wildman–Crippen LogP) is 2.50. The van der Waals surface area contributed by atoms with E-state index in [1.165, 1.54) is 12.1 Å². The van der Waals surface area contributed by atoms with Crippen LogP contribution < -0.4 is 5.73 Å². The van der Waals surface area contributed by atoms with Crippen LogP contribution in [0.15, 0.2) is 18.2 Å². The molecule has 1 fully saturated rings. The third kappa shape index (κ3) is 3.31. The lowest BCUT2D eigenvalue weighted by molar-refractivity contribution is 0.0180. The topological polar surface area (TPSA) is 32.5 Å². The van der Waals surface area contributed by atoms with Crippen molar-refractivity contribution in [3.05, 3.63) is 34.6 Å². The van der Waals surface area contributed by atoms with E-state index in [0.717, 1.165) is 25.2 Å². The number of piperazine rings is 1. The Kier molecular flexibility index (Phi) is 4.69. The zero-order chi connectivity index (χ0) is 14.9. The van der Waals surface area contributed by atoms with Crippen LogP contribution >= 0.6 is 11.6 Å². The number of likely N-dealkylation sites (N-methyl/N-ethyl adjacent to an activating group) is 1. The largest absolute Gasteiger partial charge is 0.329 e. The molecule has 20 heavy (non-hydrogen) atoms.